The van der Waals surface area contributed by atoms with Crippen LogP contribution in [0.2, 0.25) is 0 Å². The van der Waals surface area contributed by atoms with Crippen LogP contribution in [0.3, 0.4) is 0 Å². The van der Waals surface area contributed by atoms with Gasteiger partial charge in [-0.3, -0.25) is 9.59 Å². The predicted molar refractivity (Wildman–Crippen MR) is 149 cm³/mol. The molecule has 0 unspecified atom stereocenters. The Hall–Kier alpha value is -3.40. The Morgan fingerprint density at radius 1 is 1.21 bits per heavy atom. The number of nitrogens with zero attached hydrogens (tertiary/aromatic N) is 5. The molecule has 1 saturated carbocycles. The third-order valence-electron chi connectivity index (χ3n) is 8.18. The second-order valence-electron chi connectivity index (χ2n) is 10.5. The molecule has 2 fully saturated rings. The van der Waals surface area contributed by atoms with Crippen molar-refractivity contribution in [2.24, 2.45) is 0 Å². The Kier molecular flexibility index (Phi) is 7.69. The summed E-state index contributed by atoms with van der Waals surface area (Å²) in [7, 11) is 5.30. The SMILES string of the molecule is CC[C@@H]1C(=O)N(C)c2cnc(N(C)c3ccc(C(=O)NC4CCNCC4)cc3OC)nc2N1C1CCCC1. The highest BCUT2D eigenvalue weighted by Gasteiger charge is 2.41. The molecule has 3 heterocycles. The van der Waals surface area contributed by atoms with Gasteiger partial charge in [0.1, 0.15) is 17.5 Å². The van der Waals surface area contributed by atoms with E-state index in [0.717, 1.165) is 62.4 Å². The molecule has 2 N–H and O–H groups in total. The van der Waals surface area contributed by atoms with E-state index in [1.165, 1.54) is 12.8 Å². The van der Waals surface area contributed by atoms with Gasteiger partial charge in [-0.2, -0.15) is 4.98 Å². The molecule has 1 aliphatic carbocycles. The average molecular weight is 522 g/mol. The van der Waals surface area contributed by atoms with Crippen molar-refractivity contribution >= 4 is 35.0 Å². The second kappa shape index (κ2) is 11.1. The minimum Gasteiger partial charge on any atom is -0.495 e. The molecule has 1 saturated heterocycles. The molecule has 2 aliphatic heterocycles. The highest BCUT2D eigenvalue weighted by molar-refractivity contribution is 6.04. The van der Waals surface area contributed by atoms with E-state index >= 15 is 0 Å². The number of hydrogen-bond donors (Lipinski definition) is 2. The lowest BCUT2D eigenvalue weighted by molar-refractivity contribution is -0.120. The van der Waals surface area contributed by atoms with E-state index in [1.807, 2.05) is 24.1 Å². The maximum absolute atomic E-state index is 13.2. The first-order valence-corrected chi connectivity index (χ1v) is 13.8. The monoisotopic (exact) mass is 521 g/mol. The lowest BCUT2D eigenvalue weighted by Crippen LogP contribution is -2.55. The first kappa shape index (κ1) is 26.2. The molecule has 1 aromatic heterocycles. The Morgan fingerprint density at radius 3 is 2.63 bits per heavy atom. The first-order chi connectivity index (χ1) is 18.4. The third kappa shape index (κ3) is 4.89. The molecule has 38 heavy (non-hydrogen) atoms. The third-order valence-corrected chi connectivity index (χ3v) is 8.18. The smallest absolute Gasteiger partial charge is 0.251 e. The lowest BCUT2D eigenvalue weighted by Gasteiger charge is -2.43. The summed E-state index contributed by atoms with van der Waals surface area (Å²) in [6.45, 7) is 3.89. The first-order valence-electron chi connectivity index (χ1n) is 13.8. The quantitative estimate of drug-likeness (QED) is 0.573. The van der Waals surface area contributed by atoms with E-state index in [0.29, 0.717) is 23.3 Å². The number of nitrogens with one attached hydrogen (secondary N) is 2. The van der Waals surface area contributed by atoms with Crippen LogP contribution in [0.5, 0.6) is 5.75 Å². The number of methoxy groups -OCH3 is 1. The molecule has 10 nitrogen and oxygen atoms in total. The highest BCUT2D eigenvalue weighted by Crippen LogP contribution is 2.41. The van der Waals surface area contributed by atoms with Gasteiger partial charge in [0.25, 0.3) is 5.91 Å². The fourth-order valence-corrected chi connectivity index (χ4v) is 5.97. The molecule has 2 aromatic rings. The summed E-state index contributed by atoms with van der Waals surface area (Å²) in [6, 6.07) is 5.71. The Bertz CT molecular complexity index is 1180. The number of hydrogen-bond acceptors (Lipinski definition) is 8. The Labute approximate surface area is 224 Å². The predicted octanol–water partition coefficient (Wildman–Crippen LogP) is 3.24. The number of piperidine rings is 1. The van der Waals surface area contributed by atoms with Crippen molar-refractivity contribution in [3.8, 4) is 5.75 Å². The minimum absolute atomic E-state index is 0.0941. The standard InChI is InChI=1S/C28H39N7O3/c1-5-21-27(37)33(2)23-17-30-28(32-25(23)35(21)20-8-6-7-9-20)34(3)22-11-10-18(16-24(22)38-4)26(36)31-19-12-14-29-15-13-19/h10-11,16-17,19-21,29H,5-9,12-15H2,1-4H3,(H,31,36)/t21-/m1/s1. The number of ether oxygens (including phenoxy) is 1. The zero-order valence-corrected chi connectivity index (χ0v) is 22.9. The summed E-state index contributed by atoms with van der Waals surface area (Å²) in [5.41, 5.74) is 2.05. The van der Waals surface area contributed by atoms with E-state index in [4.69, 9.17) is 9.72 Å². The number of rotatable bonds is 7. The molecule has 3 aliphatic rings. The summed E-state index contributed by atoms with van der Waals surface area (Å²) in [6.07, 6.45) is 8.80. The fourth-order valence-electron chi connectivity index (χ4n) is 5.97. The topological polar surface area (TPSA) is 103 Å². The summed E-state index contributed by atoms with van der Waals surface area (Å²) in [5.74, 6) is 1.88. The zero-order chi connectivity index (χ0) is 26.8. The van der Waals surface area contributed by atoms with Gasteiger partial charge >= 0.3 is 0 Å². The van der Waals surface area contributed by atoms with Crippen molar-refractivity contribution in [1.82, 2.24) is 20.6 Å². The molecule has 1 aromatic carbocycles. The lowest BCUT2D eigenvalue weighted by atomic mass is 10.0. The molecule has 5 rings (SSSR count). The van der Waals surface area contributed by atoms with Crippen LogP contribution in [0.25, 0.3) is 0 Å². The van der Waals surface area contributed by atoms with E-state index in [9.17, 15) is 9.59 Å². The van der Waals surface area contributed by atoms with Crippen LogP contribution in [0.4, 0.5) is 23.1 Å². The van der Waals surface area contributed by atoms with Crippen LogP contribution < -0.4 is 30.1 Å². The average Bonchev–Trinajstić information content (AvgIpc) is 3.49. The fraction of sp³-hybridized carbons (Fsp3) is 0.571. The Morgan fingerprint density at radius 2 is 1.95 bits per heavy atom. The van der Waals surface area contributed by atoms with Crippen LogP contribution >= 0.6 is 0 Å². The normalized spacial score (nSPS) is 20.4. The maximum atomic E-state index is 13.2. The highest BCUT2D eigenvalue weighted by atomic mass is 16.5. The van der Waals surface area contributed by atoms with Crippen LogP contribution in [-0.4, -0.2) is 74.2 Å². The maximum Gasteiger partial charge on any atom is 0.251 e. The van der Waals surface area contributed by atoms with Gasteiger partial charge in [-0.25, -0.2) is 4.98 Å². The van der Waals surface area contributed by atoms with E-state index in [1.54, 1.807) is 31.3 Å². The van der Waals surface area contributed by atoms with Gasteiger partial charge in [-0.05, 0) is 63.4 Å². The molecule has 10 heteroatoms. The number of carbonyl (C=O) groups is 2. The summed E-state index contributed by atoms with van der Waals surface area (Å²) in [5, 5.41) is 6.46. The van der Waals surface area contributed by atoms with Crippen molar-refractivity contribution in [3.63, 3.8) is 0 Å². The van der Waals surface area contributed by atoms with E-state index in [2.05, 4.69) is 27.4 Å². The molecule has 0 bridgehead atoms. The Balaban J connectivity index is 1.44. The zero-order valence-electron chi connectivity index (χ0n) is 22.9. The number of carbonyl (C=O) groups excluding carboxylic acids is 2. The van der Waals surface area contributed by atoms with E-state index < -0.39 is 0 Å². The molecule has 204 valence electrons. The van der Waals surface area contributed by atoms with Gasteiger partial charge in [0.2, 0.25) is 11.9 Å². The summed E-state index contributed by atoms with van der Waals surface area (Å²) in [4.78, 5) is 41.5. The van der Waals surface area contributed by atoms with Crippen molar-refractivity contribution in [1.29, 1.82) is 0 Å². The molecular formula is C28H39N7O3. The van der Waals surface area contributed by atoms with Gasteiger partial charge < -0.3 is 30.1 Å². The number of likely N-dealkylation sites (N-methyl/N-ethyl adjacent to an activating group) is 1. The summed E-state index contributed by atoms with van der Waals surface area (Å²) >= 11 is 0. The second-order valence-corrected chi connectivity index (χ2v) is 10.5. The minimum atomic E-state index is -0.226. The van der Waals surface area contributed by atoms with Crippen LogP contribution in [-0.2, 0) is 4.79 Å². The van der Waals surface area contributed by atoms with Crippen LogP contribution in [0.1, 0.15) is 62.2 Å². The van der Waals surface area contributed by atoms with Gasteiger partial charge in [-0.1, -0.05) is 19.8 Å². The molecule has 0 radical (unpaired) electrons. The largest absolute Gasteiger partial charge is 0.495 e. The van der Waals surface area contributed by atoms with Gasteiger partial charge in [0.15, 0.2) is 5.82 Å². The van der Waals surface area contributed by atoms with Crippen molar-refractivity contribution in [2.45, 2.75) is 70.0 Å². The molecule has 1 atom stereocenters. The van der Waals surface area contributed by atoms with E-state index in [-0.39, 0.29) is 23.9 Å². The summed E-state index contributed by atoms with van der Waals surface area (Å²) < 4.78 is 5.70. The van der Waals surface area contributed by atoms with Crippen molar-refractivity contribution in [3.05, 3.63) is 30.0 Å². The number of benzene rings is 1. The molecule has 0 spiro atoms. The van der Waals surface area contributed by atoms with Gasteiger partial charge in [-0.15, -0.1) is 0 Å². The van der Waals surface area contributed by atoms with Gasteiger partial charge in [0, 0.05) is 31.7 Å². The number of anilines is 4. The number of amides is 2. The van der Waals surface area contributed by atoms with Crippen LogP contribution in [0.15, 0.2) is 24.4 Å². The van der Waals surface area contributed by atoms with Crippen LogP contribution in [0, 0.1) is 0 Å². The van der Waals surface area contributed by atoms with Gasteiger partial charge in [0.05, 0.1) is 19.0 Å². The molecular weight excluding hydrogens is 482 g/mol. The molecule has 2 amide bonds. The van der Waals surface area contributed by atoms with Crippen molar-refractivity contribution < 1.29 is 14.3 Å². The van der Waals surface area contributed by atoms with Crippen molar-refractivity contribution in [2.75, 3.05) is 49.0 Å². The number of fused-ring (bicyclic) bond motifs is 1. The number of aromatic nitrogens is 2.